The predicted octanol–water partition coefficient (Wildman–Crippen LogP) is 2.63. The molecular formula is C20H17N3O5. The Morgan fingerprint density at radius 2 is 1.71 bits per heavy atom. The molecule has 8 nitrogen and oxygen atoms in total. The Balaban J connectivity index is 1.72. The number of furan rings is 1. The minimum Gasteiger partial charge on any atom is -0.508 e. The number of nitrogens with one attached hydrogen (secondary N) is 2. The smallest absolute Gasteiger partial charge is 0.306 e. The van der Waals surface area contributed by atoms with Gasteiger partial charge in [-0.05, 0) is 55.8 Å². The second-order valence-corrected chi connectivity index (χ2v) is 6.06. The molecule has 0 saturated heterocycles. The van der Waals surface area contributed by atoms with Crippen LogP contribution in [0.25, 0.3) is 11.3 Å². The van der Waals surface area contributed by atoms with E-state index in [4.69, 9.17) is 4.42 Å². The number of benzene rings is 1. The molecule has 0 aliphatic rings. The molecule has 3 N–H and O–H groups in total. The molecule has 2 amide bonds. The summed E-state index contributed by atoms with van der Waals surface area (Å²) in [6, 6.07) is 9.10. The first kappa shape index (κ1) is 18.8. The zero-order chi connectivity index (χ0) is 20.3. The zero-order valence-electron chi connectivity index (χ0n) is 15.1. The molecule has 0 saturated carbocycles. The van der Waals surface area contributed by atoms with Crippen molar-refractivity contribution >= 4 is 17.6 Å². The summed E-state index contributed by atoms with van der Waals surface area (Å²) in [6.07, 6.45) is 2.75. The third-order valence-corrected chi connectivity index (χ3v) is 4.07. The molecule has 2 aromatic heterocycles. The molecule has 0 radical (unpaired) electrons. The van der Waals surface area contributed by atoms with Crippen molar-refractivity contribution in [3.05, 3.63) is 71.3 Å². The summed E-state index contributed by atoms with van der Waals surface area (Å²) < 4.78 is 5.23. The maximum atomic E-state index is 12.4. The SMILES string of the molecule is CC(=O)c1ccc(-c2ccoc2C(=O)NNC(=O)c2ccc(O)c(C)c2)nc1. The first-order chi connectivity index (χ1) is 13.4. The summed E-state index contributed by atoms with van der Waals surface area (Å²) in [6.45, 7) is 3.09. The number of aryl methyl sites for hydroxylation is 1. The number of hydrogen-bond donors (Lipinski definition) is 3. The lowest BCUT2D eigenvalue weighted by molar-refractivity contribution is 0.0831. The number of hydrazine groups is 1. The van der Waals surface area contributed by atoms with Crippen molar-refractivity contribution < 1.29 is 23.9 Å². The van der Waals surface area contributed by atoms with Crippen LogP contribution < -0.4 is 10.9 Å². The van der Waals surface area contributed by atoms with Gasteiger partial charge in [0.05, 0.1) is 17.5 Å². The summed E-state index contributed by atoms with van der Waals surface area (Å²) in [7, 11) is 0. The summed E-state index contributed by atoms with van der Waals surface area (Å²) in [5.41, 5.74) is 6.70. The highest BCUT2D eigenvalue weighted by atomic mass is 16.3. The van der Waals surface area contributed by atoms with Crippen LogP contribution in [0.5, 0.6) is 5.75 Å². The number of ketones is 1. The van der Waals surface area contributed by atoms with Gasteiger partial charge in [-0.25, -0.2) is 0 Å². The quantitative estimate of drug-likeness (QED) is 0.473. The lowest BCUT2D eigenvalue weighted by Crippen LogP contribution is -2.41. The van der Waals surface area contributed by atoms with Gasteiger partial charge in [-0.1, -0.05) is 0 Å². The topological polar surface area (TPSA) is 122 Å². The van der Waals surface area contributed by atoms with Crippen LogP contribution >= 0.6 is 0 Å². The van der Waals surface area contributed by atoms with Gasteiger partial charge < -0.3 is 9.52 Å². The normalized spacial score (nSPS) is 10.4. The van der Waals surface area contributed by atoms with E-state index >= 15 is 0 Å². The van der Waals surface area contributed by atoms with Crippen LogP contribution in [0, 0.1) is 6.92 Å². The number of Topliss-reactive ketones (excluding diaryl/α,β-unsaturated/α-hetero) is 1. The second kappa shape index (κ2) is 7.75. The van der Waals surface area contributed by atoms with E-state index in [0.29, 0.717) is 22.4 Å². The number of phenolic OH excluding ortho intramolecular Hbond substituents is 1. The number of rotatable bonds is 4. The third-order valence-electron chi connectivity index (χ3n) is 4.07. The summed E-state index contributed by atoms with van der Waals surface area (Å²) in [5, 5.41) is 9.52. The van der Waals surface area contributed by atoms with Gasteiger partial charge in [-0.2, -0.15) is 0 Å². The average molecular weight is 379 g/mol. The van der Waals surface area contributed by atoms with E-state index in [1.54, 1.807) is 25.1 Å². The molecular weight excluding hydrogens is 362 g/mol. The van der Waals surface area contributed by atoms with E-state index in [9.17, 15) is 19.5 Å². The Bertz CT molecular complexity index is 1050. The van der Waals surface area contributed by atoms with E-state index in [1.807, 2.05) is 0 Å². The maximum Gasteiger partial charge on any atom is 0.306 e. The minimum absolute atomic E-state index is 0.0368. The van der Waals surface area contributed by atoms with Crippen LogP contribution in [-0.4, -0.2) is 27.7 Å². The lowest BCUT2D eigenvalue weighted by Gasteiger charge is -2.08. The highest BCUT2D eigenvalue weighted by molar-refractivity contribution is 6.01. The Hall–Kier alpha value is -3.94. The Morgan fingerprint density at radius 1 is 1.00 bits per heavy atom. The van der Waals surface area contributed by atoms with Gasteiger partial charge in [0.15, 0.2) is 5.78 Å². The maximum absolute atomic E-state index is 12.4. The molecule has 3 aromatic rings. The first-order valence-electron chi connectivity index (χ1n) is 8.32. The molecule has 28 heavy (non-hydrogen) atoms. The van der Waals surface area contributed by atoms with Crippen LogP contribution in [0.2, 0.25) is 0 Å². The first-order valence-corrected chi connectivity index (χ1v) is 8.32. The minimum atomic E-state index is -0.665. The molecule has 0 bridgehead atoms. The van der Waals surface area contributed by atoms with Gasteiger partial charge in [0, 0.05) is 17.3 Å². The van der Waals surface area contributed by atoms with Crippen LogP contribution in [-0.2, 0) is 0 Å². The number of nitrogens with zero attached hydrogens (tertiary/aromatic N) is 1. The fourth-order valence-electron chi connectivity index (χ4n) is 2.49. The van der Waals surface area contributed by atoms with Gasteiger partial charge in [0.25, 0.3) is 5.91 Å². The molecule has 3 rings (SSSR count). The fourth-order valence-corrected chi connectivity index (χ4v) is 2.49. The highest BCUT2D eigenvalue weighted by Crippen LogP contribution is 2.23. The number of phenols is 1. The number of carbonyl (C=O) groups is 3. The number of amides is 2. The van der Waals surface area contributed by atoms with Crippen molar-refractivity contribution in [3.8, 4) is 17.0 Å². The second-order valence-electron chi connectivity index (χ2n) is 6.06. The lowest BCUT2D eigenvalue weighted by atomic mass is 10.1. The van der Waals surface area contributed by atoms with E-state index in [-0.39, 0.29) is 22.9 Å². The molecule has 2 heterocycles. The molecule has 1 aromatic carbocycles. The van der Waals surface area contributed by atoms with Gasteiger partial charge >= 0.3 is 5.91 Å². The van der Waals surface area contributed by atoms with Gasteiger partial charge in [-0.3, -0.25) is 30.2 Å². The predicted molar refractivity (Wildman–Crippen MR) is 99.7 cm³/mol. The van der Waals surface area contributed by atoms with Crippen molar-refractivity contribution in [2.75, 3.05) is 0 Å². The zero-order valence-corrected chi connectivity index (χ0v) is 15.1. The van der Waals surface area contributed by atoms with Crippen LogP contribution in [0.1, 0.15) is 43.8 Å². The number of pyridine rings is 1. The number of hydrogen-bond acceptors (Lipinski definition) is 6. The third kappa shape index (κ3) is 3.90. The van der Waals surface area contributed by atoms with E-state index in [1.165, 1.54) is 37.6 Å². The standard InChI is InChI=1S/C20H17N3O5/c1-11-9-13(4-6-17(11)25)19(26)22-23-20(27)18-15(7-8-28-18)16-5-3-14(10-21-16)12(2)24/h3-10,25H,1-2H3,(H,22,26)(H,23,27). The van der Waals surface area contributed by atoms with Crippen LogP contribution in [0.15, 0.2) is 53.3 Å². The van der Waals surface area contributed by atoms with Gasteiger partial charge in [-0.15, -0.1) is 0 Å². The van der Waals surface area contributed by atoms with Crippen LogP contribution in [0.3, 0.4) is 0 Å². The molecule has 0 atom stereocenters. The molecule has 0 fully saturated rings. The van der Waals surface area contributed by atoms with Gasteiger partial charge in [0.1, 0.15) is 5.75 Å². The van der Waals surface area contributed by atoms with Gasteiger partial charge in [0.2, 0.25) is 5.76 Å². The van der Waals surface area contributed by atoms with E-state index in [2.05, 4.69) is 15.8 Å². The number of aromatic nitrogens is 1. The van der Waals surface area contributed by atoms with Crippen molar-refractivity contribution in [3.63, 3.8) is 0 Å². The van der Waals surface area contributed by atoms with E-state index in [0.717, 1.165) is 0 Å². The molecule has 0 spiro atoms. The Morgan fingerprint density at radius 3 is 2.36 bits per heavy atom. The summed E-state index contributed by atoms with van der Waals surface area (Å²) in [5.74, 6) is -1.29. The molecule has 0 unspecified atom stereocenters. The number of aromatic hydroxyl groups is 1. The fraction of sp³-hybridized carbons (Fsp3) is 0.100. The van der Waals surface area contributed by atoms with Crippen molar-refractivity contribution in [2.45, 2.75) is 13.8 Å². The molecule has 8 heteroatoms. The largest absolute Gasteiger partial charge is 0.508 e. The Labute approximate surface area is 160 Å². The number of carbonyl (C=O) groups excluding carboxylic acids is 3. The molecule has 0 aliphatic heterocycles. The van der Waals surface area contributed by atoms with E-state index < -0.39 is 11.8 Å². The Kier molecular flexibility index (Phi) is 5.21. The monoisotopic (exact) mass is 379 g/mol. The highest BCUT2D eigenvalue weighted by Gasteiger charge is 2.19. The molecule has 0 aliphatic carbocycles. The van der Waals surface area contributed by atoms with Crippen molar-refractivity contribution in [2.24, 2.45) is 0 Å². The van der Waals surface area contributed by atoms with Crippen molar-refractivity contribution in [1.29, 1.82) is 0 Å². The summed E-state index contributed by atoms with van der Waals surface area (Å²) in [4.78, 5) is 40.1. The average Bonchev–Trinajstić information content (AvgIpc) is 3.18. The summed E-state index contributed by atoms with van der Waals surface area (Å²) >= 11 is 0. The van der Waals surface area contributed by atoms with Crippen molar-refractivity contribution in [1.82, 2.24) is 15.8 Å². The molecule has 142 valence electrons. The van der Waals surface area contributed by atoms with Crippen LogP contribution in [0.4, 0.5) is 0 Å².